The van der Waals surface area contributed by atoms with Crippen LogP contribution in [0.2, 0.25) is 0 Å². The Balaban J connectivity index is 2.04. The summed E-state index contributed by atoms with van der Waals surface area (Å²) in [5, 5.41) is 3.10. The highest BCUT2D eigenvalue weighted by atomic mass is 16.2. The average molecular weight is 290 g/mol. The first-order chi connectivity index (χ1) is 10.1. The van der Waals surface area contributed by atoms with Gasteiger partial charge in [0, 0.05) is 19.6 Å². The predicted octanol–water partition coefficient (Wildman–Crippen LogP) is 2.81. The molecule has 1 atom stereocenters. The Morgan fingerprint density at radius 3 is 2.90 bits per heavy atom. The number of nitrogens with one attached hydrogen (secondary N) is 1. The molecule has 0 spiro atoms. The number of carbonyl (C=O) groups excluding carboxylic acids is 1. The zero-order chi connectivity index (χ0) is 15.2. The van der Waals surface area contributed by atoms with Gasteiger partial charge in [-0.2, -0.15) is 0 Å². The summed E-state index contributed by atoms with van der Waals surface area (Å²) in [6, 6.07) is 0. The van der Waals surface area contributed by atoms with E-state index in [1.165, 1.54) is 6.42 Å². The summed E-state index contributed by atoms with van der Waals surface area (Å²) in [6.07, 6.45) is 6.59. The molecule has 1 N–H and O–H groups in total. The Bertz CT molecular complexity index is 475. The number of hydrogen-bond donors (Lipinski definition) is 1. The van der Waals surface area contributed by atoms with Crippen molar-refractivity contribution in [1.82, 2.24) is 14.9 Å². The minimum Gasteiger partial charge on any atom is -0.369 e. The Morgan fingerprint density at radius 1 is 1.38 bits per heavy atom. The van der Waals surface area contributed by atoms with E-state index in [0.29, 0.717) is 17.4 Å². The molecule has 0 bridgehead atoms. The molecule has 2 rings (SSSR count). The first kappa shape index (κ1) is 15.7. The van der Waals surface area contributed by atoms with E-state index in [0.717, 1.165) is 38.4 Å². The summed E-state index contributed by atoms with van der Waals surface area (Å²) >= 11 is 0. The Morgan fingerprint density at radius 2 is 2.19 bits per heavy atom. The van der Waals surface area contributed by atoms with E-state index in [-0.39, 0.29) is 5.91 Å². The van der Waals surface area contributed by atoms with Crippen molar-refractivity contribution in [1.29, 1.82) is 0 Å². The standard InChI is InChI=1S/C16H26N4O/c1-4-18-15-11-17-10-14(19-15)16(21)20-8-5-6-13(7-9-20)12(2)3/h10-13H,4-9H2,1-3H3,(H,18,19). The molecule has 1 saturated heterocycles. The fraction of sp³-hybridized carbons (Fsp3) is 0.688. The molecule has 1 aliphatic heterocycles. The number of likely N-dealkylation sites (tertiary alicyclic amines) is 1. The van der Waals surface area contributed by atoms with Crippen molar-refractivity contribution in [3.05, 3.63) is 18.1 Å². The zero-order valence-electron chi connectivity index (χ0n) is 13.3. The Labute approximate surface area is 127 Å². The predicted molar refractivity (Wildman–Crippen MR) is 84.3 cm³/mol. The third-order valence-corrected chi connectivity index (χ3v) is 4.21. The van der Waals surface area contributed by atoms with Gasteiger partial charge in [0.05, 0.1) is 12.4 Å². The van der Waals surface area contributed by atoms with Crippen LogP contribution in [0.5, 0.6) is 0 Å². The first-order valence-corrected chi connectivity index (χ1v) is 7.97. The van der Waals surface area contributed by atoms with E-state index >= 15 is 0 Å². The van der Waals surface area contributed by atoms with E-state index in [4.69, 9.17) is 0 Å². The molecule has 1 aromatic heterocycles. The van der Waals surface area contributed by atoms with Gasteiger partial charge in [-0.05, 0) is 38.0 Å². The second kappa shape index (κ2) is 7.38. The van der Waals surface area contributed by atoms with Gasteiger partial charge in [-0.1, -0.05) is 13.8 Å². The van der Waals surface area contributed by atoms with Crippen LogP contribution in [0.1, 0.15) is 50.5 Å². The van der Waals surface area contributed by atoms with Crippen molar-refractivity contribution in [3.63, 3.8) is 0 Å². The van der Waals surface area contributed by atoms with Crippen molar-refractivity contribution in [2.75, 3.05) is 25.0 Å². The van der Waals surface area contributed by atoms with Crippen molar-refractivity contribution >= 4 is 11.7 Å². The van der Waals surface area contributed by atoms with Crippen LogP contribution in [0.3, 0.4) is 0 Å². The molecule has 1 unspecified atom stereocenters. The molecule has 0 aromatic carbocycles. The summed E-state index contributed by atoms with van der Waals surface area (Å²) in [7, 11) is 0. The van der Waals surface area contributed by atoms with E-state index in [2.05, 4.69) is 29.1 Å². The number of anilines is 1. The van der Waals surface area contributed by atoms with Gasteiger partial charge >= 0.3 is 0 Å². The monoisotopic (exact) mass is 290 g/mol. The fourth-order valence-corrected chi connectivity index (χ4v) is 2.89. The second-order valence-corrected chi connectivity index (χ2v) is 6.05. The molecule has 0 radical (unpaired) electrons. The largest absolute Gasteiger partial charge is 0.369 e. The maximum absolute atomic E-state index is 12.6. The molecule has 21 heavy (non-hydrogen) atoms. The highest BCUT2D eigenvalue weighted by Crippen LogP contribution is 2.25. The van der Waals surface area contributed by atoms with Crippen LogP contribution in [-0.4, -0.2) is 40.4 Å². The second-order valence-electron chi connectivity index (χ2n) is 6.05. The normalized spacial score (nSPS) is 19.4. The van der Waals surface area contributed by atoms with E-state index in [9.17, 15) is 4.79 Å². The third-order valence-electron chi connectivity index (χ3n) is 4.21. The molecule has 5 heteroatoms. The van der Waals surface area contributed by atoms with Crippen LogP contribution < -0.4 is 5.32 Å². The lowest BCUT2D eigenvalue weighted by atomic mass is 9.89. The highest BCUT2D eigenvalue weighted by Gasteiger charge is 2.24. The smallest absolute Gasteiger partial charge is 0.274 e. The molecular formula is C16H26N4O. The first-order valence-electron chi connectivity index (χ1n) is 7.97. The maximum atomic E-state index is 12.6. The minimum atomic E-state index is 0.00617. The summed E-state index contributed by atoms with van der Waals surface area (Å²) < 4.78 is 0. The molecule has 1 fully saturated rings. The lowest BCUT2D eigenvalue weighted by molar-refractivity contribution is 0.0752. The molecule has 1 aromatic rings. The lowest BCUT2D eigenvalue weighted by Crippen LogP contribution is -2.33. The van der Waals surface area contributed by atoms with Crippen molar-refractivity contribution in [2.24, 2.45) is 11.8 Å². The fourth-order valence-electron chi connectivity index (χ4n) is 2.89. The average Bonchev–Trinajstić information content (AvgIpc) is 2.73. The van der Waals surface area contributed by atoms with Crippen LogP contribution in [0.4, 0.5) is 5.82 Å². The van der Waals surface area contributed by atoms with Gasteiger partial charge in [0.1, 0.15) is 11.5 Å². The minimum absolute atomic E-state index is 0.00617. The number of nitrogens with zero attached hydrogens (tertiary/aromatic N) is 3. The molecule has 0 saturated carbocycles. The summed E-state index contributed by atoms with van der Waals surface area (Å²) in [5.74, 6) is 2.09. The summed E-state index contributed by atoms with van der Waals surface area (Å²) in [5.41, 5.74) is 0.441. The third kappa shape index (κ3) is 4.16. The van der Waals surface area contributed by atoms with Crippen LogP contribution >= 0.6 is 0 Å². The van der Waals surface area contributed by atoms with E-state index < -0.39 is 0 Å². The SMILES string of the molecule is CCNc1cncc(C(=O)N2CCCC(C(C)C)CC2)n1. The Kier molecular flexibility index (Phi) is 5.53. The lowest BCUT2D eigenvalue weighted by Gasteiger charge is -2.21. The topological polar surface area (TPSA) is 58.1 Å². The molecule has 1 amide bonds. The van der Waals surface area contributed by atoms with E-state index in [1.54, 1.807) is 12.4 Å². The van der Waals surface area contributed by atoms with Crippen LogP contribution in [0.15, 0.2) is 12.4 Å². The van der Waals surface area contributed by atoms with Crippen molar-refractivity contribution in [2.45, 2.75) is 40.0 Å². The van der Waals surface area contributed by atoms with Crippen LogP contribution in [0.25, 0.3) is 0 Å². The molecule has 1 aliphatic rings. The molecular weight excluding hydrogens is 264 g/mol. The number of hydrogen-bond acceptors (Lipinski definition) is 4. The van der Waals surface area contributed by atoms with Crippen molar-refractivity contribution in [3.8, 4) is 0 Å². The van der Waals surface area contributed by atoms with Gasteiger partial charge in [0.15, 0.2) is 0 Å². The highest BCUT2D eigenvalue weighted by molar-refractivity contribution is 5.92. The van der Waals surface area contributed by atoms with Crippen molar-refractivity contribution < 1.29 is 4.79 Å². The van der Waals surface area contributed by atoms with E-state index in [1.807, 2.05) is 11.8 Å². The number of aromatic nitrogens is 2. The molecule has 2 heterocycles. The van der Waals surface area contributed by atoms with Crippen LogP contribution in [-0.2, 0) is 0 Å². The van der Waals surface area contributed by atoms with Crippen LogP contribution in [0, 0.1) is 11.8 Å². The van der Waals surface area contributed by atoms with Gasteiger partial charge < -0.3 is 10.2 Å². The number of amides is 1. The molecule has 116 valence electrons. The summed E-state index contributed by atoms with van der Waals surface area (Å²) in [6.45, 7) is 8.97. The Hall–Kier alpha value is -1.65. The van der Waals surface area contributed by atoms with Gasteiger partial charge in [-0.15, -0.1) is 0 Å². The zero-order valence-corrected chi connectivity index (χ0v) is 13.3. The van der Waals surface area contributed by atoms with Gasteiger partial charge in [-0.3, -0.25) is 9.78 Å². The number of rotatable bonds is 4. The molecule has 0 aliphatic carbocycles. The van der Waals surface area contributed by atoms with Gasteiger partial charge in [0.2, 0.25) is 0 Å². The number of carbonyl (C=O) groups is 1. The quantitative estimate of drug-likeness (QED) is 0.926. The summed E-state index contributed by atoms with van der Waals surface area (Å²) in [4.78, 5) is 23.0. The van der Waals surface area contributed by atoms with Gasteiger partial charge in [0.25, 0.3) is 5.91 Å². The maximum Gasteiger partial charge on any atom is 0.274 e. The molecule has 5 nitrogen and oxygen atoms in total. The van der Waals surface area contributed by atoms with Gasteiger partial charge in [-0.25, -0.2) is 4.98 Å².